The molecule has 2 heterocycles. The molecule has 0 saturated carbocycles. The summed E-state index contributed by atoms with van der Waals surface area (Å²) in [7, 11) is 0. The number of phenols is 1. The minimum Gasteiger partial charge on any atom is -0.507 e. The second kappa shape index (κ2) is 5.02. The topological polar surface area (TPSA) is 61.4 Å². The first-order valence-corrected chi connectivity index (χ1v) is 7.05. The van der Waals surface area contributed by atoms with Gasteiger partial charge in [0.2, 0.25) is 0 Å². The lowest BCUT2D eigenvalue weighted by molar-refractivity contribution is 0.0921. The van der Waals surface area contributed by atoms with Crippen molar-refractivity contribution in [3.8, 4) is 5.75 Å². The van der Waals surface area contributed by atoms with Gasteiger partial charge in [-0.2, -0.15) is 0 Å². The van der Waals surface area contributed by atoms with E-state index in [0.717, 1.165) is 12.8 Å². The van der Waals surface area contributed by atoms with Crippen molar-refractivity contribution < 1.29 is 9.90 Å². The molecule has 0 spiro atoms. The van der Waals surface area contributed by atoms with Crippen LogP contribution in [-0.2, 0) is 0 Å². The molecule has 2 aliphatic rings. The molecule has 3 rings (SSSR count). The van der Waals surface area contributed by atoms with Gasteiger partial charge in [-0.1, -0.05) is 11.6 Å². The maximum Gasteiger partial charge on any atom is 0.255 e. The van der Waals surface area contributed by atoms with Crippen LogP contribution in [0.4, 0.5) is 0 Å². The summed E-state index contributed by atoms with van der Waals surface area (Å²) in [6, 6.07) is 5.75. The van der Waals surface area contributed by atoms with E-state index in [1.165, 1.54) is 25.0 Å². The smallest absolute Gasteiger partial charge is 0.255 e. The Hall–Kier alpha value is -1.26. The number of benzene rings is 1. The van der Waals surface area contributed by atoms with Gasteiger partial charge in [0.25, 0.3) is 5.91 Å². The maximum atomic E-state index is 12.2. The molecule has 2 saturated heterocycles. The molecule has 0 aliphatic carbocycles. The molecule has 4 nitrogen and oxygen atoms in total. The number of halogens is 1. The summed E-state index contributed by atoms with van der Waals surface area (Å²) in [5, 5.41) is 16.7. The van der Waals surface area contributed by atoms with Gasteiger partial charge in [-0.15, -0.1) is 0 Å². The molecule has 3 N–H and O–H groups in total. The van der Waals surface area contributed by atoms with Crippen molar-refractivity contribution in [2.75, 3.05) is 0 Å². The number of carbonyl (C=O) groups is 1. The van der Waals surface area contributed by atoms with Crippen molar-refractivity contribution in [1.82, 2.24) is 10.6 Å². The van der Waals surface area contributed by atoms with Gasteiger partial charge in [-0.25, -0.2) is 0 Å². The number of rotatable bonds is 2. The molecule has 1 aromatic carbocycles. The Morgan fingerprint density at radius 3 is 2.68 bits per heavy atom. The lowest BCUT2D eigenvalue weighted by Crippen LogP contribution is -2.48. The van der Waals surface area contributed by atoms with Crippen LogP contribution in [0.15, 0.2) is 18.2 Å². The third-order valence-corrected chi connectivity index (χ3v) is 4.25. The summed E-state index contributed by atoms with van der Waals surface area (Å²) in [4.78, 5) is 12.2. The van der Waals surface area contributed by atoms with Gasteiger partial charge in [0, 0.05) is 23.1 Å². The van der Waals surface area contributed by atoms with E-state index in [1.807, 2.05) is 0 Å². The van der Waals surface area contributed by atoms with Gasteiger partial charge >= 0.3 is 0 Å². The first kappa shape index (κ1) is 12.8. The van der Waals surface area contributed by atoms with E-state index in [2.05, 4.69) is 10.6 Å². The summed E-state index contributed by atoms with van der Waals surface area (Å²) >= 11 is 5.86. The Labute approximate surface area is 117 Å². The number of piperidine rings is 1. The fourth-order valence-electron chi connectivity index (χ4n) is 3.13. The fraction of sp³-hybridized carbons (Fsp3) is 0.500. The number of nitrogens with one attached hydrogen (secondary N) is 2. The van der Waals surface area contributed by atoms with Crippen molar-refractivity contribution >= 4 is 17.5 Å². The number of fused-ring (bicyclic) bond motifs is 2. The van der Waals surface area contributed by atoms with Crippen LogP contribution in [0.5, 0.6) is 5.75 Å². The first-order chi connectivity index (χ1) is 9.11. The SMILES string of the molecule is O=C(NC1CC2CCC(C1)N2)c1cc(Cl)ccc1O. The standard InChI is InChI=1S/C14H17ClN2O2/c15-8-1-4-13(18)12(5-8)14(19)17-11-6-9-2-3-10(7-11)16-9/h1,4-5,9-11,16,18H,2-3,6-7H2,(H,17,19). The van der Waals surface area contributed by atoms with E-state index in [0.29, 0.717) is 17.1 Å². The second-order valence-corrected chi connectivity index (χ2v) is 5.88. The Bertz CT molecular complexity index is 494. The van der Waals surface area contributed by atoms with E-state index in [-0.39, 0.29) is 23.3 Å². The number of phenolic OH excluding ortho intramolecular Hbond substituents is 1. The van der Waals surface area contributed by atoms with E-state index in [4.69, 9.17) is 11.6 Å². The Morgan fingerprint density at radius 2 is 2.00 bits per heavy atom. The number of hydrogen-bond acceptors (Lipinski definition) is 3. The Morgan fingerprint density at radius 1 is 1.32 bits per heavy atom. The van der Waals surface area contributed by atoms with Crippen LogP contribution in [0.1, 0.15) is 36.0 Å². The van der Waals surface area contributed by atoms with Crippen LogP contribution in [0, 0.1) is 0 Å². The van der Waals surface area contributed by atoms with Crippen LogP contribution in [0.3, 0.4) is 0 Å². The molecule has 102 valence electrons. The van der Waals surface area contributed by atoms with Gasteiger partial charge in [0.15, 0.2) is 0 Å². The average molecular weight is 281 g/mol. The van der Waals surface area contributed by atoms with Crippen LogP contribution < -0.4 is 10.6 Å². The van der Waals surface area contributed by atoms with Crippen molar-refractivity contribution in [3.05, 3.63) is 28.8 Å². The number of carbonyl (C=O) groups excluding carboxylic acids is 1. The van der Waals surface area contributed by atoms with Crippen LogP contribution in [0.25, 0.3) is 0 Å². The predicted molar refractivity (Wildman–Crippen MR) is 73.6 cm³/mol. The van der Waals surface area contributed by atoms with E-state index >= 15 is 0 Å². The molecule has 5 heteroatoms. The minimum absolute atomic E-state index is 0.0289. The van der Waals surface area contributed by atoms with Crippen molar-refractivity contribution in [2.45, 2.75) is 43.8 Å². The summed E-state index contributed by atoms with van der Waals surface area (Å²) in [5.41, 5.74) is 0.248. The summed E-state index contributed by atoms with van der Waals surface area (Å²) < 4.78 is 0. The molecule has 19 heavy (non-hydrogen) atoms. The molecular weight excluding hydrogens is 264 g/mol. The summed E-state index contributed by atoms with van der Waals surface area (Å²) in [6.07, 6.45) is 4.31. The van der Waals surface area contributed by atoms with Gasteiger partial charge in [-0.3, -0.25) is 4.79 Å². The highest BCUT2D eigenvalue weighted by atomic mass is 35.5. The van der Waals surface area contributed by atoms with Gasteiger partial charge in [0.05, 0.1) is 5.56 Å². The van der Waals surface area contributed by atoms with Gasteiger partial charge < -0.3 is 15.7 Å². The normalized spacial score (nSPS) is 29.2. The van der Waals surface area contributed by atoms with Crippen LogP contribution in [-0.4, -0.2) is 29.1 Å². The molecule has 2 fully saturated rings. The van der Waals surface area contributed by atoms with Crippen molar-refractivity contribution in [2.24, 2.45) is 0 Å². The number of hydrogen-bond donors (Lipinski definition) is 3. The quantitative estimate of drug-likeness (QED) is 0.777. The highest BCUT2D eigenvalue weighted by Gasteiger charge is 2.34. The summed E-state index contributed by atoms with van der Waals surface area (Å²) in [5.74, 6) is -0.273. The van der Waals surface area contributed by atoms with Gasteiger partial charge in [0.1, 0.15) is 5.75 Å². The average Bonchev–Trinajstić information content (AvgIpc) is 2.71. The van der Waals surface area contributed by atoms with Crippen LogP contribution >= 0.6 is 11.6 Å². The molecule has 1 aromatic rings. The van der Waals surface area contributed by atoms with Crippen molar-refractivity contribution in [1.29, 1.82) is 0 Å². The van der Waals surface area contributed by atoms with E-state index in [9.17, 15) is 9.90 Å². The second-order valence-electron chi connectivity index (χ2n) is 5.44. The molecule has 2 bridgehead atoms. The molecule has 2 atom stereocenters. The maximum absolute atomic E-state index is 12.2. The third-order valence-electron chi connectivity index (χ3n) is 4.01. The zero-order chi connectivity index (χ0) is 13.4. The highest BCUT2D eigenvalue weighted by molar-refractivity contribution is 6.31. The highest BCUT2D eigenvalue weighted by Crippen LogP contribution is 2.27. The third kappa shape index (κ3) is 2.69. The van der Waals surface area contributed by atoms with Crippen LogP contribution in [0.2, 0.25) is 5.02 Å². The Balaban J connectivity index is 1.69. The number of amides is 1. The first-order valence-electron chi connectivity index (χ1n) is 6.67. The molecule has 0 aromatic heterocycles. The summed E-state index contributed by atoms with van der Waals surface area (Å²) in [6.45, 7) is 0. The van der Waals surface area contributed by atoms with E-state index in [1.54, 1.807) is 6.07 Å². The fourth-order valence-corrected chi connectivity index (χ4v) is 3.30. The molecular formula is C14H17ClN2O2. The lowest BCUT2D eigenvalue weighted by Gasteiger charge is -2.29. The predicted octanol–water partition coefficient (Wildman–Crippen LogP) is 2.06. The zero-order valence-corrected chi connectivity index (χ0v) is 11.3. The minimum atomic E-state index is -0.244. The molecule has 2 unspecified atom stereocenters. The van der Waals surface area contributed by atoms with Gasteiger partial charge in [-0.05, 0) is 43.9 Å². The Kier molecular flexibility index (Phi) is 3.37. The molecule has 1 amide bonds. The molecule has 2 aliphatic heterocycles. The monoisotopic (exact) mass is 280 g/mol. The molecule has 0 radical (unpaired) electrons. The lowest BCUT2D eigenvalue weighted by atomic mass is 9.99. The van der Waals surface area contributed by atoms with E-state index < -0.39 is 0 Å². The zero-order valence-electron chi connectivity index (χ0n) is 10.5. The largest absolute Gasteiger partial charge is 0.507 e. The van der Waals surface area contributed by atoms with Crippen molar-refractivity contribution in [3.63, 3.8) is 0 Å². The number of aromatic hydroxyl groups is 1.